The summed E-state index contributed by atoms with van der Waals surface area (Å²) in [4.78, 5) is 0. The largest absolute Gasteiger partial charge is 0.364 e. The molecule has 86 valence electrons. The maximum Gasteiger partial charge on any atom is 0.156 e. The van der Waals surface area contributed by atoms with Crippen molar-refractivity contribution in [2.24, 2.45) is 12.8 Å². The van der Waals surface area contributed by atoms with Gasteiger partial charge in [0.05, 0.1) is 5.52 Å². The zero-order valence-electron chi connectivity index (χ0n) is 9.99. The molecular weight excluding hydrogens is 200 g/mol. The minimum Gasteiger partial charge on any atom is -0.364 e. The van der Waals surface area contributed by atoms with E-state index in [9.17, 15) is 0 Å². The molecule has 4 heteroatoms. The Morgan fingerprint density at radius 3 is 2.94 bits per heavy atom. The number of nitrogens with one attached hydrogen (secondary N) is 1. The van der Waals surface area contributed by atoms with Crippen molar-refractivity contribution < 1.29 is 0 Å². The molecular formula is C12H18N4. The first-order chi connectivity index (χ1) is 7.63. The molecule has 2 rings (SSSR count). The molecule has 0 spiro atoms. The van der Waals surface area contributed by atoms with Gasteiger partial charge in [-0.3, -0.25) is 4.68 Å². The number of hydrogen-bond acceptors (Lipinski definition) is 3. The third-order valence-corrected chi connectivity index (χ3v) is 2.80. The lowest BCUT2D eigenvalue weighted by atomic mass is 10.1. The second-order valence-electron chi connectivity index (χ2n) is 4.22. The van der Waals surface area contributed by atoms with Gasteiger partial charge in [0, 0.05) is 25.0 Å². The van der Waals surface area contributed by atoms with Gasteiger partial charge in [0.1, 0.15) is 0 Å². The molecule has 4 nitrogen and oxygen atoms in total. The Hall–Kier alpha value is -1.55. The zero-order chi connectivity index (χ0) is 11.7. The van der Waals surface area contributed by atoms with Gasteiger partial charge in [-0.25, -0.2) is 0 Å². The third kappa shape index (κ3) is 1.76. The maximum atomic E-state index is 5.60. The number of fused-ring (bicyclic) bond motifs is 1. The summed E-state index contributed by atoms with van der Waals surface area (Å²) in [7, 11) is 1.97. The van der Waals surface area contributed by atoms with E-state index in [-0.39, 0.29) is 6.04 Å². The van der Waals surface area contributed by atoms with Gasteiger partial charge < -0.3 is 11.1 Å². The number of hydrogen-bond donors (Lipinski definition) is 2. The summed E-state index contributed by atoms with van der Waals surface area (Å²) in [6.45, 7) is 4.75. The highest BCUT2D eigenvalue weighted by Crippen LogP contribution is 2.25. The number of aromatic nitrogens is 2. The zero-order valence-corrected chi connectivity index (χ0v) is 9.99. The van der Waals surface area contributed by atoms with Gasteiger partial charge in [-0.2, -0.15) is 5.10 Å². The van der Waals surface area contributed by atoms with Crippen molar-refractivity contribution in [1.82, 2.24) is 9.78 Å². The van der Waals surface area contributed by atoms with E-state index in [1.807, 2.05) is 11.7 Å². The van der Waals surface area contributed by atoms with Crippen molar-refractivity contribution in [3.8, 4) is 0 Å². The van der Waals surface area contributed by atoms with Gasteiger partial charge in [0.25, 0.3) is 0 Å². The predicted octanol–water partition coefficient (Wildman–Crippen LogP) is 1.64. The highest BCUT2D eigenvalue weighted by atomic mass is 15.3. The third-order valence-electron chi connectivity index (χ3n) is 2.80. The lowest BCUT2D eigenvalue weighted by Gasteiger charge is -2.09. The Balaban J connectivity index is 2.51. The first kappa shape index (κ1) is 11.0. The van der Waals surface area contributed by atoms with E-state index in [1.54, 1.807) is 0 Å². The van der Waals surface area contributed by atoms with Crippen LogP contribution in [0, 0.1) is 6.92 Å². The predicted molar refractivity (Wildman–Crippen MR) is 67.6 cm³/mol. The Bertz CT molecular complexity index is 501. The van der Waals surface area contributed by atoms with Crippen molar-refractivity contribution in [3.63, 3.8) is 0 Å². The first-order valence-corrected chi connectivity index (χ1v) is 5.52. The summed E-state index contributed by atoms with van der Waals surface area (Å²) in [5.41, 5.74) is 8.02. The Labute approximate surface area is 95.4 Å². The molecule has 1 aromatic heterocycles. The Morgan fingerprint density at radius 2 is 2.25 bits per heavy atom. The maximum absolute atomic E-state index is 5.60. The molecule has 0 bridgehead atoms. The minimum atomic E-state index is 0.235. The summed E-state index contributed by atoms with van der Waals surface area (Å²) >= 11 is 0. The van der Waals surface area contributed by atoms with Gasteiger partial charge in [0.2, 0.25) is 0 Å². The van der Waals surface area contributed by atoms with E-state index in [2.05, 4.69) is 42.5 Å². The molecule has 0 aliphatic carbocycles. The molecule has 0 amide bonds. The molecule has 0 aliphatic heterocycles. The van der Waals surface area contributed by atoms with Crippen LogP contribution in [0.5, 0.6) is 0 Å². The summed E-state index contributed by atoms with van der Waals surface area (Å²) < 4.78 is 1.91. The summed E-state index contributed by atoms with van der Waals surface area (Å²) in [5.74, 6) is 0.916. The van der Waals surface area contributed by atoms with Crippen LogP contribution in [-0.2, 0) is 7.05 Å². The van der Waals surface area contributed by atoms with E-state index in [4.69, 9.17) is 5.73 Å². The molecule has 1 heterocycles. The summed E-state index contributed by atoms with van der Waals surface area (Å²) in [6.07, 6.45) is 0. The van der Waals surface area contributed by atoms with E-state index < -0.39 is 0 Å². The normalized spacial score (nSPS) is 13.0. The molecule has 16 heavy (non-hydrogen) atoms. The molecule has 0 saturated heterocycles. The monoisotopic (exact) mass is 218 g/mol. The first-order valence-electron chi connectivity index (χ1n) is 5.52. The number of benzene rings is 1. The van der Waals surface area contributed by atoms with E-state index in [0.717, 1.165) is 11.2 Å². The van der Waals surface area contributed by atoms with Gasteiger partial charge in [0.15, 0.2) is 5.82 Å². The number of nitrogens with zero attached hydrogens (tertiary/aromatic N) is 2. The molecule has 2 aromatic rings. The molecule has 1 unspecified atom stereocenters. The van der Waals surface area contributed by atoms with E-state index in [1.165, 1.54) is 11.1 Å². The summed E-state index contributed by atoms with van der Waals surface area (Å²) in [6, 6.07) is 6.47. The molecule has 0 saturated carbocycles. The molecule has 1 aromatic carbocycles. The molecule has 0 fully saturated rings. The SMILES string of the molecule is Cc1cccc2c(NC(C)CN)nn(C)c12. The molecule has 0 aliphatic rings. The van der Waals surface area contributed by atoms with Gasteiger partial charge in [-0.15, -0.1) is 0 Å². The van der Waals surface area contributed by atoms with Crippen LogP contribution in [0.15, 0.2) is 18.2 Å². The number of anilines is 1. The van der Waals surface area contributed by atoms with Crippen LogP contribution in [0.1, 0.15) is 12.5 Å². The quantitative estimate of drug-likeness (QED) is 0.823. The van der Waals surface area contributed by atoms with Crippen molar-refractivity contribution in [2.45, 2.75) is 19.9 Å². The second-order valence-corrected chi connectivity index (χ2v) is 4.22. The van der Waals surface area contributed by atoms with Crippen molar-refractivity contribution in [1.29, 1.82) is 0 Å². The van der Waals surface area contributed by atoms with Gasteiger partial charge in [-0.1, -0.05) is 12.1 Å². The lowest BCUT2D eigenvalue weighted by molar-refractivity contribution is 0.764. The second kappa shape index (κ2) is 4.14. The van der Waals surface area contributed by atoms with Crippen LogP contribution in [-0.4, -0.2) is 22.4 Å². The van der Waals surface area contributed by atoms with Crippen LogP contribution in [0.4, 0.5) is 5.82 Å². The topological polar surface area (TPSA) is 55.9 Å². The van der Waals surface area contributed by atoms with Gasteiger partial charge in [-0.05, 0) is 25.5 Å². The average molecular weight is 218 g/mol. The highest BCUT2D eigenvalue weighted by Gasteiger charge is 2.11. The van der Waals surface area contributed by atoms with E-state index in [0.29, 0.717) is 6.54 Å². The molecule has 3 N–H and O–H groups in total. The number of aryl methyl sites for hydroxylation is 2. The van der Waals surface area contributed by atoms with E-state index >= 15 is 0 Å². The van der Waals surface area contributed by atoms with Crippen LogP contribution >= 0.6 is 0 Å². The fraction of sp³-hybridized carbons (Fsp3) is 0.417. The number of nitrogens with two attached hydrogens (primary N) is 1. The smallest absolute Gasteiger partial charge is 0.156 e. The Kier molecular flexibility index (Phi) is 2.83. The van der Waals surface area contributed by atoms with Crippen molar-refractivity contribution in [2.75, 3.05) is 11.9 Å². The minimum absolute atomic E-state index is 0.235. The van der Waals surface area contributed by atoms with Crippen molar-refractivity contribution in [3.05, 3.63) is 23.8 Å². The summed E-state index contributed by atoms with van der Waals surface area (Å²) in [5, 5.41) is 8.97. The van der Waals surface area contributed by atoms with Crippen LogP contribution in [0.25, 0.3) is 10.9 Å². The van der Waals surface area contributed by atoms with Crippen LogP contribution < -0.4 is 11.1 Å². The lowest BCUT2D eigenvalue weighted by Crippen LogP contribution is -2.25. The van der Waals surface area contributed by atoms with Crippen molar-refractivity contribution >= 4 is 16.7 Å². The fourth-order valence-corrected chi connectivity index (χ4v) is 1.93. The highest BCUT2D eigenvalue weighted by molar-refractivity contribution is 5.92. The molecule has 0 radical (unpaired) electrons. The standard InChI is InChI=1S/C12H18N4/c1-8-5-4-6-10-11(8)16(3)15-12(10)14-9(2)7-13/h4-6,9H,7,13H2,1-3H3,(H,14,15). The van der Waals surface area contributed by atoms with Crippen LogP contribution in [0.2, 0.25) is 0 Å². The number of rotatable bonds is 3. The molecule has 1 atom stereocenters. The number of para-hydroxylation sites is 1. The van der Waals surface area contributed by atoms with Gasteiger partial charge >= 0.3 is 0 Å². The fourth-order valence-electron chi connectivity index (χ4n) is 1.93. The van der Waals surface area contributed by atoms with Crippen LogP contribution in [0.3, 0.4) is 0 Å². The Morgan fingerprint density at radius 1 is 1.50 bits per heavy atom. The average Bonchev–Trinajstić information content (AvgIpc) is 2.57.